The lowest BCUT2D eigenvalue weighted by Crippen LogP contribution is -2.04. The van der Waals surface area contributed by atoms with Crippen molar-refractivity contribution in [1.82, 2.24) is 4.90 Å². The molecule has 0 amide bonds. The van der Waals surface area contributed by atoms with Crippen molar-refractivity contribution >= 4 is 28.6 Å². The number of rotatable bonds is 2. The molecule has 3 nitrogen and oxygen atoms in total. The van der Waals surface area contributed by atoms with Gasteiger partial charge in [0.15, 0.2) is 0 Å². The zero-order valence-corrected chi connectivity index (χ0v) is 10.2. The number of esters is 1. The Morgan fingerprint density at radius 2 is 1.92 bits per heavy atom. The minimum absolute atomic E-state index is 0.0712. The summed E-state index contributed by atoms with van der Waals surface area (Å²) in [5, 5.41) is 0. The molecule has 0 aliphatic rings. The van der Waals surface area contributed by atoms with Crippen molar-refractivity contribution in [3.8, 4) is 0 Å². The second-order valence-electron chi connectivity index (χ2n) is 2.53. The van der Waals surface area contributed by atoms with Crippen LogP contribution in [0.1, 0.15) is 6.92 Å². The number of carbonyl (C=O) groups is 1. The Morgan fingerprint density at radius 3 is 2.00 bits per heavy atom. The van der Waals surface area contributed by atoms with Gasteiger partial charge in [0.1, 0.15) is 4.11 Å². The summed E-state index contributed by atoms with van der Waals surface area (Å²) in [5.41, 5.74) is 0. The van der Waals surface area contributed by atoms with Crippen molar-refractivity contribution in [3.05, 3.63) is 12.7 Å². The third-order valence-corrected chi connectivity index (χ3v) is 0.699. The quantitative estimate of drug-likeness (QED) is 0.334. The van der Waals surface area contributed by atoms with Crippen LogP contribution in [0.3, 0.4) is 0 Å². The SMILES string of the molecule is C=CC(=O)OC(C)I.CN(C)C. The van der Waals surface area contributed by atoms with Crippen LogP contribution in [0.2, 0.25) is 0 Å². The van der Waals surface area contributed by atoms with E-state index in [-0.39, 0.29) is 10.1 Å². The zero-order valence-electron chi connectivity index (χ0n) is 8.00. The molecule has 0 saturated heterocycles. The molecule has 1 unspecified atom stereocenters. The molecule has 0 bridgehead atoms. The Labute approximate surface area is 87.9 Å². The number of hydrogen-bond donors (Lipinski definition) is 0. The van der Waals surface area contributed by atoms with Gasteiger partial charge in [0.05, 0.1) is 0 Å². The molecule has 0 aliphatic carbocycles. The van der Waals surface area contributed by atoms with Gasteiger partial charge in [-0.05, 0) is 50.7 Å². The predicted molar refractivity (Wildman–Crippen MR) is 59.4 cm³/mol. The van der Waals surface area contributed by atoms with Crippen molar-refractivity contribution in [1.29, 1.82) is 0 Å². The van der Waals surface area contributed by atoms with Gasteiger partial charge in [0, 0.05) is 6.08 Å². The zero-order chi connectivity index (χ0) is 10.1. The monoisotopic (exact) mass is 285 g/mol. The molecule has 0 aromatic heterocycles. The maximum Gasteiger partial charge on any atom is 0.331 e. The number of hydrogen-bond acceptors (Lipinski definition) is 3. The maximum absolute atomic E-state index is 10.3. The van der Waals surface area contributed by atoms with E-state index < -0.39 is 0 Å². The van der Waals surface area contributed by atoms with Crippen LogP contribution in [0.25, 0.3) is 0 Å². The summed E-state index contributed by atoms with van der Waals surface area (Å²) >= 11 is 1.99. The van der Waals surface area contributed by atoms with Crippen LogP contribution < -0.4 is 0 Å². The first-order valence-electron chi connectivity index (χ1n) is 3.48. The van der Waals surface area contributed by atoms with Gasteiger partial charge in [0.25, 0.3) is 0 Å². The summed E-state index contributed by atoms with van der Waals surface area (Å²) in [6.07, 6.45) is 1.15. The van der Waals surface area contributed by atoms with E-state index in [1.165, 1.54) is 0 Å². The van der Waals surface area contributed by atoms with Crippen LogP contribution in [0.5, 0.6) is 0 Å². The van der Waals surface area contributed by atoms with E-state index in [2.05, 4.69) is 11.3 Å². The summed E-state index contributed by atoms with van der Waals surface area (Å²) in [4.78, 5) is 12.3. The smallest absolute Gasteiger partial charge is 0.331 e. The molecule has 1 atom stereocenters. The highest BCUT2D eigenvalue weighted by Crippen LogP contribution is 1.99. The van der Waals surface area contributed by atoms with E-state index in [0.29, 0.717) is 0 Å². The Balaban J connectivity index is 0. The van der Waals surface area contributed by atoms with E-state index in [4.69, 9.17) is 0 Å². The molecule has 0 fully saturated rings. The summed E-state index contributed by atoms with van der Waals surface area (Å²) in [6, 6.07) is 0. The Kier molecular flexibility index (Phi) is 10.8. The minimum Gasteiger partial charge on any atom is -0.449 e. The van der Waals surface area contributed by atoms with E-state index in [0.717, 1.165) is 6.08 Å². The van der Waals surface area contributed by atoms with Crippen molar-refractivity contribution in [2.45, 2.75) is 11.0 Å². The van der Waals surface area contributed by atoms with Gasteiger partial charge in [0.2, 0.25) is 0 Å². The van der Waals surface area contributed by atoms with Gasteiger partial charge >= 0.3 is 5.97 Å². The van der Waals surface area contributed by atoms with Crippen molar-refractivity contribution in [3.63, 3.8) is 0 Å². The topological polar surface area (TPSA) is 29.5 Å². The lowest BCUT2D eigenvalue weighted by molar-refractivity contribution is -0.137. The van der Waals surface area contributed by atoms with Crippen LogP contribution in [0.4, 0.5) is 0 Å². The van der Waals surface area contributed by atoms with Crippen molar-refractivity contribution < 1.29 is 9.53 Å². The molecular weight excluding hydrogens is 269 g/mol. The maximum atomic E-state index is 10.3. The Bertz CT molecular complexity index is 132. The lowest BCUT2D eigenvalue weighted by Gasteiger charge is -2.00. The summed E-state index contributed by atoms with van der Waals surface area (Å²) < 4.78 is 4.56. The molecule has 4 heteroatoms. The molecular formula is C8H16INO2. The van der Waals surface area contributed by atoms with Gasteiger partial charge in [-0.1, -0.05) is 6.58 Å². The highest BCUT2D eigenvalue weighted by atomic mass is 127. The fourth-order valence-corrected chi connectivity index (χ4v) is 0.459. The highest BCUT2D eigenvalue weighted by Gasteiger charge is 1.98. The highest BCUT2D eigenvalue weighted by molar-refractivity contribution is 14.1. The van der Waals surface area contributed by atoms with Crippen molar-refractivity contribution in [2.75, 3.05) is 21.1 Å². The molecule has 0 spiro atoms. The summed E-state index contributed by atoms with van der Waals surface area (Å²) in [7, 11) is 6.00. The molecule has 0 rings (SSSR count). The number of ether oxygens (including phenoxy) is 1. The lowest BCUT2D eigenvalue weighted by atomic mass is 10.6. The van der Waals surface area contributed by atoms with Crippen LogP contribution in [-0.2, 0) is 9.53 Å². The normalized spacial score (nSPS) is 11.2. The standard InChI is InChI=1S/C5H7IO2.C3H9N/c1-3-5(7)8-4(2)6;1-4(2)3/h3-4H,1H2,2H3;1-3H3. The number of nitrogens with zero attached hydrogens (tertiary/aromatic N) is 1. The third kappa shape index (κ3) is 22.5. The number of alkyl halides is 1. The molecule has 72 valence electrons. The van der Waals surface area contributed by atoms with E-state index in [1.807, 2.05) is 48.6 Å². The van der Waals surface area contributed by atoms with Gasteiger partial charge in [-0.25, -0.2) is 4.79 Å². The number of halogens is 1. The molecule has 0 aromatic rings. The Morgan fingerprint density at radius 1 is 1.58 bits per heavy atom. The van der Waals surface area contributed by atoms with Gasteiger partial charge in [-0.15, -0.1) is 0 Å². The van der Waals surface area contributed by atoms with Gasteiger partial charge in [-0.3, -0.25) is 0 Å². The largest absolute Gasteiger partial charge is 0.449 e. The molecule has 0 heterocycles. The van der Waals surface area contributed by atoms with Crippen LogP contribution >= 0.6 is 22.6 Å². The molecule has 12 heavy (non-hydrogen) atoms. The number of carbonyl (C=O) groups excluding carboxylic acids is 1. The molecule has 0 aliphatic heterocycles. The molecule has 0 N–H and O–H groups in total. The van der Waals surface area contributed by atoms with Gasteiger partial charge < -0.3 is 9.64 Å². The third-order valence-electron chi connectivity index (χ3n) is 0.445. The van der Waals surface area contributed by atoms with Gasteiger partial charge in [-0.2, -0.15) is 0 Å². The minimum atomic E-state index is -0.369. The first-order chi connectivity index (χ1) is 5.40. The fraction of sp³-hybridized carbons (Fsp3) is 0.625. The van der Waals surface area contributed by atoms with E-state index >= 15 is 0 Å². The summed E-state index contributed by atoms with van der Waals surface area (Å²) in [5.74, 6) is -0.369. The Hall–Kier alpha value is -0.100. The van der Waals surface area contributed by atoms with Crippen molar-refractivity contribution in [2.24, 2.45) is 0 Å². The van der Waals surface area contributed by atoms with E-state index in [9.17, 15) is 4.79 Å². The summed E-state index contributed by atoms with van der Waals surface area (Å²) in [6.45, 7) is 5.02. The first kappa shape index (κ1) is 14.4. The second kappa shape index (κ2) is 8.99. The average molecular weight is 285 g/mol. The van der Waals surface area contributed by atoms with Crippen LogP contribution in [-0.4, -0.2) is 36.1 Å². The van der Waals surface area contributed by atoms with E-state index in [1.54, 1.807) is 6.92 Å². The fourth-order valence-electron chi connectivity index (χ4n) is 0.208. The van der Waals surface area contributed by atoms with Crippen LogP contribution in [0, 0.1) is 0 Å². The first-order valence-corrected chi connectivity index (χ1v) is 4.72. The average Bonchev–Trinajstić information content (AvgIpc) is 1.84. The molecule has 0 saturated carbocycles. The predicted octanol–water partition coefficient (Wildman–Crippen LogP) is 1.67. The molecule has 0 aromatic carbocycles. The molecule has 0 radical (unpaired) electrons. The van der Waals surface area contributed by atoms with Crippen LogP contribution in [0.15, 0.2) is 12.7 Å². The second-order valence-corrected chi connectivity index (χ2v) is 4.28.